The van der Waals surface area contributed by atoms with Crippen LogP contribution in [0.3, 0.4) is 0 Å². The third-order valence-corrected chi connectivity index (χ3v) is 7.87. The van der Waals surface area contributed by atoms with Gasteiger partial charge in [-0.2, -0.15) is 5.26 Å². The van der Waals surface area contributed by atoms with E-state index >= 15 is 0 Å². The molecule has 4 fully saturated rings. The molecule has 0 bridgehead atoms. The summed E-state index contributed by atoms with van der Waals surface area (Å²) in [6, 6.07) is 3.92. The lowest BCUT2D eigenvalue weighted by atomic mass is 9.75. The van der Waals surface area contributed by atoms with Crippen LogP contribution in [0.1, 0.15) is 89.9 Å². The summed E-state index contributed by atoms with van der Waals surface area (Å²) in [5.74, 6) is 2.85. The number of hydrogen-bond donors (Lipinski definition) is 2. The standard InChI is InChI=1S/C22H37N3/c23-15-16-11-13-19(14-12-16)22-24-20(17-7-3-1-4-8-17)21(25-22)18-9-5-2-6-10-18/h16-22,24-25H,1-14H2. The van der Waals surface area contributed by atoms with Gasteiger partial charge in [0.1, 0.15) is 0 Å². The molecule has 1 heterocycles. The molecular formula is C22H37N3. The van der Waals surface area contributed by atoms with Crippen molar-refractivity contribution in [2.45, 2.75) is 108 Å². The first kappa shape index (κ1) is 17.8. The molecule has 0 spiro atoms. The van der Waals surface area contributed by atoms with E-state index in [-0.39, 0.29) is 0 Å². The predicted molar refractivity (Wildman–Crippen MR) is 102 cm³/mol. The average molecular weight is 344 g/mol. The van der Waals surface area contributed by atoms with Gasteiger partial charge in [0.15, 0.2) is 0 Å². The van der Waals surface area contributed by atoms with Crippen molar-refractivity contribution in [1.82, 2.24) is 10.6 Å². The molecule has 3 aliphatic carbocycles. The number of nitriles is 1. The number of hydrogen-bond acceptors (Lipinski definition) is 3. The second kappa shape index (κ2) is 8.40. The zero-order chi connectivity index (χ0) is 17.1. The Morgan fingerprint density at radius 2 is 1.04 bits per heavy atom. The molecule has 25 heavy (non-hydrogen) atoms. The van der Waals surface area contributed by atoms with E-state index in [9.17, 15) is 5.26 Å². The minimum atomic E-state index is 0.320. The molecule has 3 saturated carbocycles. The zero-order valence-corrected chi connectivity index (χ0v) is 15.9. The van der Waals surface area contributed by atoms with Gasteiger partial charge in [0.25, 0.3) is 0 Å². The number of nitrogens with zero attached hydrogens (tertiary/aromatic N) is 1. The Morgan fingerprint density at radius 3 is 1.48 bits per heavy atom. The van der Waals surface area contributed by atoms with Crippen molar-refractivity contribution >= 4 is 0 Å². The van der Waals surface area contributed by atoms with E-state index in [1.54, 1.807) is 0 Å². The quantitative estimate of drug-likeness (QED) is 0.778. The predicted octanol–water partition coefficient (Wildman–Crippen LogP) is 4.73. The summed E-state index contributed by atoms with van der Waals surface area (Å²) in [5, 5.41) is 17.4. The van der Waals surface area contributed by atoms with Gasteiger partial charge in [-0.1, -0.05) is 38.5 Å². The SMILES string of the molecule is N#CC1CCC(C2NC(C3CCCCC3)C(C3CCCCC3)N2)CC1. The summed E-state index contributed by atoms with van der Waals surface area (Å²) in [4.78, 5) is 0. The van der Waals surface area contributed by atoms with Gasteiger partial charge in [-0.25, -0.2) is 0 Å². The number of rotatable bonds is 3. The van der Waals surface area contributed by atoms with Gasteiger partial charge < -0.3 is 0 Å². The Hall–Kier alpha value is -0.590. The maximum atomic E-state index is 9.19. The first-order valence-electron chi connectivity index (χ1n) is 11.3. The molecule has 3 heteroatoms. The third-order valence-electron chi connectivity index (χ3n) is 7.87. The van der Waals surface area contributed by atoms with Crippen LogP contribution in [0, 0.1) is 35.0 Å². The van der Waals surface area contributed by atoms with Gasteiger partial charge >= 0.3 is 0 Å². The van der Waals surface area contributed by atoms with E-state index in [4.69, 9.17) is 0 Å². The molecular weight excluding hydrogens is 306 g/mol. The summed E-state index contributed by atoms with van der Waals surface area (Å²) in [7, 11) is 0. The number of nitrogens with one attached hydrogen (secondary N) is 2. The summed E-state index contributed by atoms with van der Waals surface area (Å²) >= 11 is 0. The molecule has 2 unspecified atom stereocenters. The fraction of sp³-hybridized carbons (Fsp3) is 0.955. The van der Waals surface area contributed by atoms with Crippen LogP contribution in [0.5, 0.6) is 0 Å². The van der Waals surface area contributed by atoms with Gasteiger partial charge in [0.05, 0.1) is 12.2 Å². The molecule has 4 aliphatic rings. The molecule has 1 saturated heterocycles. The zero-order valence-electron chi connectivity index (χ0n) is 15.9. The van der Waals surface area contributed by atoms with Gasteiger partial charge in [-0.15, -0.1) is 0 Å². The van der Waals surface area contributed by atoms with Crippen LogP contribution < -0.4 is 10.6 Å². The van der Waals surface area contributed by atoms with E-state index in [0.717, 1.165) is 30.6 Å². The molecule has 1 aliphatic heterocycles. The van der Waals surface area contributed by atoms with Gasteiger partial charge in [0.2, 0.25) is 0 Å². The molecule has 0 radical (unpaired) electrons. The second-order valence-electron chi connectivity index (χ2n) is 9.40. The lowest BCUT2D eigenvalue weighted by molar-refractivity contribution is 0.205. The molecule has 0 aromatic heterocycles. The topological polar surface area (TPSA) is 47.9 Å². The van der Waals surface area contributed by atoms with Gasteiger partial charge in [0, 0.05) is 18.0 Å². The van der Waals surface area contributed by atoms with Crippen LogP contribution in [0.25, 0.3) is 0 Å². The summed E-state index contributed by atoms with van der Waals surface area (Å²) in [6.45, 7) is 0. The van der Waals surface area contributed by atoms with Crippen molar-refractivity contribution in [3.05, 3.63) is 0 Å². The second-order valence-corrected chi connectivity index (χ2v) is 9.40. The summed E-state index contributed by atoms with van der Waals surface area (Å²) < 4.78 is 0. The largest absolute Gasteiger partial charge is 0.297 e. The lowest BCUT2D eigenvalue weighted by Crippen LogP contribution is -2.45. The maximum Gasteiger partial charge on any atom is 0.0655 e. The van der Waals surface area contributed by atoms with Crippen molar-refractivity contribution in [2.75, 3.05) is 0 Å². The average Bonchev–Trinajstić information content (AvgIpc) is 3.15. The van der Waals surface area contributed by atoms with Crippen molar-refractivity contribution in [3.63, 3.8) is 0 Å². The van der Waals surface area contributed by atoms with Crippen LogP contribution in [-0.4, -0.2) is 18.2 Å². The Bertz CT molecular complexity index is 424. The lowest BCUT2D eigenvalue weighted by Gasteiger charge is -2.36. The Morgan fingerprint density at radius 1 is 0.560 bits per heavy atom. The van der Waals surface area contributed by atoms with E-state index in [0.29, 0.717) is 24.2 Å². The maximum absolute atomic E-state index is 9.19. The van der Waals surface area contributed by atoms with Gasteiger partial charge in [-0.3, -0.25) is 10.6 Å². The van der Waals surface area contributed by atoms with Crippen LogP contribution >= 0.6 is 0 Å². The highest BCUT2D eigenvalue weighted by atomic mass is 15.3. The first-order chi connectivity index (χ1) is 12.3. The molecule has 3 nitrogen and oxygen atoms in total. The highest BCUT2D eigenvalue weighted by Gasteiger charge is 2.44. The van der Waals surface area contributed by atoms with Crippen LogP contribution in [-0.2, 0) is 0 Å². The Labute approximate surface area is 154 Å². The van der Waals surface area contributed by atoms with Crippen molar-refractivity contribution in [1.29, 1.82) is 5.26 Å². The molecule has 4 rings (SSSR count). The highest BCUT2D eigenvalue weighted by molar-refractivity contribution is 5.03. The molecule has 0 aromatic rings. The van der Waals surface area contributed by atoms with Crippen molar-refractivity contribution in [2.24, 2.45) is 23.7 Å². The summed E-state index contributed by atoms with van der Waals surface area (Å²) in [6.07, 6.45) is 19.6. The van der Waals surface area contributed by atoms with Crippen LogP contribution in [0.15, 0.2) is 0 Å². The fourth-order valence-corrected chi connectivity index (χ4v) is 6.37. The molecule has 2 N–H and O–H groups in total. The summed E-state index contributed by atoms with van der Waals surface area (Å²) in [5.41, 5.74) is 0. The minimum Gasteiger partial charge on any atom is -0.297 e. The van der Waals surface area contributed by atoms with E-state index < -0.39 is 0 Å². The third kappa shape index (κ3) is 4.06. The molecule has 2 atom stereocenters. The van der Waals surface area contributed by atoms with Crippen LogP contribution in [0.2, 0.25) is 0 Å². The smallest absolute Gasteiger partial charge is 0.0655 e. The Balaban J connectivity index is 1.43. The van der Waals surface area contributed by atoms with Crippen molar-refractivity contribution < 1.29 is 0 Å². The first-order valence-corrected chi connectivity index (χ1v) is 11.3. The Kier molecular flexibility index (Phi) is 5.98. The van der Waals surface area contributed by atoms with Crippen LogP contribution in [0.4, 0.5) is 0 Å². The normalized spacial score (nSPS) is 41.5. The van der Waals surface area contributed by atoms with Gasteiger partial charge in [-0.05, 0) is 69.1 Å². The molecule has 140 valence electrons. The van der Waals surface area contributed by atoms with E-state index in [1.807, 2.05) is 0 Å². The van der Waals surface area contributed by atoms with Crippen molar-refractivity contribution in [3.8, 4) is 6.07 Å². The van der Waals surface area contributed by atoms with E-state index in [1.165, 1.54) is 77.0 Å². The fourth-order valence-electron chi connectivity index (χ4n) is 6.37. The molecule has 0 amide bonds. The highest BCUT2D eigenvalue weighted by Crippen LogP contribution is 2.39. The van der Waals surface area contributed by atoms with E-state index in [2.05, 4.69) is 16.7 Å². The minimum absolute atomic E-state index is 0.320. The monoisotopic (exact) mass is 343 g/mol. The molecule has 0 aromatic carbocycles.